The number of hydrogen-bond donors (Lipinski definition) is 1. The van der Waals surface area contributed by atoms with Crippen LogP contribution in [0.5, 0.6) is 17.4 Å². The van der Waals surface area contributed by atoms with Gasteiger partial charge in [0.1, 0.15) is 11.5 Å². The van der Waals surface area contributed by atoms with Gasteiger partial charge in [-0.25, -0.2) is 0 Å². The van der Waals surface area contributed by atoms with E-state index in [0.29, 0.717) is 33.6 Å². The largest absolute Gasteiger partial charge is 0.538 e. The number of hydrogen-bond acceptors (Lipinski definition) is 7. The Morgan fingerprint density at radius 2 is 2.00 bits per heavy atom. The normalized spacial score (nSPS) is 10.6. The zero-order chi connectivity index (χ0) is 20.8. The van der Waals surface area contributed by atoms with E-state index in [1.807, 2.05) is 0 Å². The van der Waals surface area contributed by atoms with E-state index in [1.165, 1.54) is 23.6 Å². The number of benzene rings is 2. The van der Waals surface area contributed by atoms with E-state index in [9.17, 15) is 9.90 Å². The Balaban J connectivity index is 1.59. The minimum atomic E-state index is -0.562. The van der Waals surface area contributed by atoms with Gasteiger partial charge in [-0.05, 0) is 35.0 Å². The van der Waals surface area contributed by atoms with Crippen LogP contribution in [0.15, 0.2) is 52.0 Å². The number of methoxy groups -OCH3 is 2. The summed E-state index contributed by atoms with van der Waals surface area (Å²) >= 11 is 7.24. The second kappa shape index (κ2) is 9.53. The molecular formula is C19H18ClN3O5S. The van der Waals surface area contributed by atoms with Crippen molar-refractivity contribution >= 4 is 35.0 Å². The summed E-state index contributed by atoms with van der Waals surface area (Å²) in [5, 5.41) is 19.2. The fraction of sp³-hybridized carbons (Fsp3) is 0.211. The zero-order valence-electron chi connectivity index (χ0n) is 15.7. The van der Waals surface area contributed by atoms with Gasteiger partial charge in [-0.3, -0.25) is 4.79 Å². The summed E-state index contributed by atoms with van der Waals surface area (Å²) in [6.45, 7) is 0. The molecule has 0 fully saturated rings. The molecular weight excluding hydrogens is 418 g/mol. The lowest BCUT2D eigenvalue weighted by Crippen LogP contribution is -2.34. The molecule has 0 radical (unpaired) electrons. The topological polar surface area (TPSA) is 101 Å². The first kappa shape index (κ1) is 20.8. The molecule has 0 unspecified atom stereocenters. The number of aromatic nitrogens is 2. The number of rotatable bonds is 8. The summed E-state index contributed by atoms with van der Waals surface area (Å²) in [4.78, 5) is 12.2. The number of ether oxygens (including phenoxy) is 2. The number of halogens is 1. The lowest BCUT2D eigenvalue weighted by atomic mass is 10.3. The Morgan fingerprint density at radius 3 is 2.66 bits per heavy atom. The molecule has 0 aliphatic heterocycles. The first-order valence-corrected chi connectivity index (χ1v) is 9.88. The number of carbonyl (C=O) groups excluding carboxylic acids is 1. The van der Waals surface area contributed by atoms with Crippen LogP contribution in [0.4, 0.5) is 5.69 Å². The van der Waals surface area contributed by atoms with Crippen LogP contribution in [-0.2, 0) is 4.79 Å². The van der Waals surface area contributed by atoms with Crippen molar-refractivity contribution in [1.82, 2.24) is 5.27 Å². The lowest BCUT2D eigenvalue weighted by molar-refractivity contribution is -0.705. The molecule has 1 heterocycles. The molecule has 29 heavy (non-hydrogen) atoms. The van der Waals surface area contributed by atoms with Crippen LogP contribution in [-0.4, -0.2) is 31.2 Å². The molecule has 10 heteroatoms. The molecule has 152 valence electrons. The fourth-order valence-corrected chi connectivity index (χ4v) is 3.61. The molecule has 0 aliphatic rings. The second-order valence-electron chi connectivity index (χ2n) is 5.77. The summed E-state index contributed by atoms with van der Waals surface area (Å²) in [6, 6.07) is 12.0. The third-order valence-corrected chi connectivity index (χ3v) is 5.21. The molecule has 1 N–H and O–H groups in total. The summed E-state index contributed by atoms with van der Waals surface area (Å²) in [6.07, 6.45) is 0.182. The smallest absolute Gasteiger partial charge is 0.297 e. The highest BCUT2D eigenvalue weighted by atomic mass is 35.5. The summed E-state index contributed by atoms with van der Waals surface area (Å²) in [7, 11) is 3.09. The monoisotopic (exact) mass is 435 g/mol. The average molecular weight is 436 g/mol. The van der Waals surface area contributed by atoms with Crippen LogP contribution in [0.3, 0.4) is 0 Å². The second-order valence-corrected chi connectivity index (χ2v) is 7.26. The predicted octanol–water partition coefficient (Wildman–Crippen LogP) is 2.82. The molecule has 0 bridgehead atoms. The first-order valence-electron chi connectivity index (χ1n) is 8.51. The minimum absolute atomic E-state index is 0.182. The van der Waals surface area contributed by atoms with Crippen LogP contribution in [0.1, 0.15) is 6.42 Å². The molecule has 0 atom stereocenters. The van der Waals surface area contributed by atoms with Gasteiger partial charge in [-0.15, -0.1) is 0 Å². The summed E-state index contributed by atoms with van der Waals surface area (Å²) in [5.41, 5.74) is 1.21. The minimum Gasteiger partial charge on any atom is -0.538 e. The average Bonchev–Trinajstić information content (AvgIpc) is 3.09. The highest BCUT2D eigenvalue weighted by Crippen LogP contribution is 2.28. The van der Waals surface area contributed by atoms with Gasteiger partial charge in [-0.2, -0.15) is 0 Å². The summed E-state index contributed by atoms with van der Waals surface area (Å²) < 4.78 is 16.4. The highest BCUT2D eigenvalue weighted by molar-refractivity contribution is 7.99. The molecule has 0 saturated heterocycles. The predicted molar refractivity (Wildman–Crippen MR) is 106 cm³/mol. The van der Waals surface area contributed by atoms with E-state index in [1.54, 1.807) is 49.6 Å². The van der Waals surface area contributed by atoms with Gasteiger partial charge in [-0.1, -0.05) is 23.4 Å². The van der Waals surface area contributed by atoms with Crippen molar-refractivity contribution in [3.05, 3.63) is 47.5 Å². The van der Waals surface area contributed by atoms with Gasteiger partial charge in [0.05, 0.1) is 24.5 Å². The van der Waals surface area contributed by atoms with Crippen molar-refractivity contribution in [2.75, 3.05) is 25.3 Å². The zero-order valence-corrected chi connectivity index (χ0v) is 17.2. The molecule has 1 aromatic heterocycles. The van der Waals surface area contributed by atoms with Gasteiger partial charge >= 0.3 is 0 Å². The quantitative estimate of drug-likeness (QED) is 0.429. The van der Waals surface area contributed by atoms with Crippen molar-refractivity contribution in [2.45, 2.75) is 11.4 Å². The molecule has 3 aromatic rings. The maximum atomic E-state index is 12.2. The van der Waals surface area contributed by atoms with Crippen molar-refractivity contribution in [3.63, 3.8) is 0 Å². The summed E-state index contributed by atoms with van der Waals surface area (Å²) in [5.74, 6) is 0.803. The number of amides is 1. The number of anilines is 1. The van der Waals surface area contributed by atoms with Crippen LogP contribution in [0.25, 0.3) is 5.69 Å². The molecule has 0 aliphatic carbocycles. The van der Waals surface area contributed by atoms with Crippen LogP contribution in [0, 0.1) is 0 Å². The Kier molecular flexibility index (Phi) is 6.84. The highest BCUT2D eigenvalue weighted by Gasteiger charge is 2.21. The third-order valence-electron chi connectivity index (χ3n) is 3.89. The van der Waals surface area contributed by atoms with Gasteiger partial charge in [0.15, 0.2) is 5.95 Å². The molecule has 1 amide bonds. The fourth-order valence-electron chi connectivity index (χ4n) is 2.46. The van der Waals surface area contributed by atoms with E-state index in [0.717, 1.165) is 0 Å². The number of nitrogens with zero attached hydrogens (tertiary/aromatic N) is 2. The standard InChI is InChI=1S/C19H18ClN3O5S/c1-26-14-6-4-13(5-7-14)23-18(19(25)28-22-23)29-10-9-17(24)21-12-3-8-16(27-2)15(20)11-12/h3-8,11H,9-10H2,1-2H3,(H-,21,22,24,25). The number of carbonyl (C=O) groups is 1. The van der Waals surface area contributed by atoms with Crippen molar-refractivity contribution in [1.29, 1.82) is 0 Å². The van der Waals surface area contributed by atoms with E-state index >= 15 is 0 Å². The third kappa shape index (κ3) is 5.12. The van der Waals surface area contributed by atoms with E-state index < -0.39 is 5.95 Å². The van der Waals surface area contributed by atoms with Crippen molar-refractivity contribution in [3.8, 4) is 23.1 Å². The SMILES string of the molecule is COc1ccc(-[n+]2noc([O-])c2SCCC(=O)Nc2ccc(OC)c(Cl)c2)cc1. The molecule has 3 rings (SSSR count). The van der Waals surface area contributed by atoms with E-state index in [2.05, 4.69) is 10.6 Å². The van der Waals surface area contributed by atoms with Gasteiger partial charge in [0.25, 0.3) is 5.03 Å². The Bertz CT molecular complexity index is 994. The Morgan fingerprint density at radius 1 is 1.24 bits per heavy atom. The molecule has 0 saturated carbocycles. The lowest BCUT2D eigenvalue weighted by Gasteiger charge is -2.07. The Hall–Kier alpha value is -2.91. The van der Waals surface area contributed by atoms with Gasteiger partial charge in [0.2, 0.25) is 11.6 Å². The Labute approximate surface area is 176 Å². The van der Waals surface area contributed by atoms with E-state index in [-0.39, 0.29) is 17.4 Å². The first-order chi connectivity index (χ1) is 14.0. The van der Waals surface area contributed by atoms with Crippen LogP contribution < -0.4 is 24.6 Å². The maximum absolute atomic E-state index is 12.2. The van der Waals surface area contributed by atoms with Crippen molar-refractivity contribution in [2.24, 2.45) is 0 Å². The van der Waals surface area contributed by atoms with Crippen molar-refractivity contribution < 1.29 is 28.6 Å². The number of nitrogens with one attached hydrogen (secondary N) is 1. The van der Waals surface area contributed by atoms with Crippen LogP contribution in [0.2, 0.25) is 5.02 Å². The number of thioether (sulfide) groups is 1. The van der Waals surface area contributed by atoms with Crippen LogP contribution >= 0.6 is 23.4 Å². The van der Waals surface area contributed by atoms with E-state index in [4.69, 9.17) is 25.6 Å². The van der Waals surface area contributed by atoms with Gasteiger partial charge in [0, 0.05) is 30.0 Å². The van der Waals surface area contributed by atoms with Gasteiger partial charge < -0.3 is 24.4 Å². The molecule has 0 spiro atoms. The molecule has 8 nitrogen and oxygen atoms in total. The molecule has 2 aromatic carbocycles. The maximum Gasteiger partial charge on any atom is 0.297 e.